The van der Waals surface area contributed by atoms with Crippen LogP contribution in [-0.4, -0.2) is 20.1 Å². The highest BCUT2D eigenvalue weighted by atomic mass is 35.5. The van der Waals surface area contributed by atoms with Gasteiger partial charge in [0.25, 0.3) is 5.56 Å². The lowest BCUT2D eigenvalue weighted by Crippen LogP contribution is -2.16. The zero-order chi connectivity index (χ0) is 17.1. The van der Waals surface area contributed by atoms with Gasteiger partial charge < -0.3 is 9.51 Å². The van der Waals surface area contributed by atoms with Crippen LogP contribution in [0.1, 0.15) is 24.1 Å². The Kier molecular flexibility index (Phi) is 5.01. The Labute approximate surface area is 147 Å². The number of hydrogen-bond donors (Lipinski definition) is 1. The number of H-pyrrole nitrogens is 1. The monoisotopic (exact) mass is 362 g/mol. The second kappa shape index (κ2) is 7.19. The fraction of sp³-hybridized carbons (Fsp3) is 0.250. The molecule has 0 fully saturated rings. The number of rotatable bonds is 5. The molecule has 2 heterocycles. The highest BCUT2D eigenvalue weighted by Crippen LogP contribution is 2.22. The SMILES string of the molecule is CCc1c(C)nc(SCc2nc(-c3ccc(Cl)cc3)no2)[nH]c1=O. The molecular weight excluding hydrogens is 348 g/mol. The van der Waals surface area contributed by atoms with Crippen molar-refractivity contribution < 1.29 is 4.52 Å². The van der Waals surface area contributed by atoms with Crippen LogP contribution in [0.3, 0.4) is 0 Å². The number of nitrogens with one attached hydrogen (secondary N) is 1. The Balaban J connectivity index is 1.72. The van der Waals surface area contributed by atoms with Crippen molar-refractivity contribution in [1.29, 1.82) is 0 Å². The molecule has 0 radical (unpaired) electrons. The van der Waals surface area contributed by atoms with Crippen molar-refractivity contribution >= 4 is 23.4 Å². The molecule has 24 heavy (non-hydrogen) atoms. The van der Waals surface area contributed by atoms with Crippen molar-refractivity contribution in [2.75, 3.05) is 0 Å². The van der Waals surface area contributed by atoms with E-state index in [2.05, 4.69) is 20.1 Å². The molecule has 0 amide bonds. The minimum atomic E-state index is -0.0973. The van der Waals surface area contributed by atoms with Gasteiger partial charge in [0.2, 0.25) is 11.7 Å². The Bertz CT molecular complexity index is 905. The Morgan fingerprint density at radius 3 is 2.67 bits per heavy atom. The molecular formula is C16H15ClN4O2S. The predicted octanol–water partition coefficient (Wildman–Crippen LogP) is 3.64. The van der Waals surface area contributed by atoms with Crippen molar-refractivity contribution in [3.05, 3.63) is 56.8 Å². The van der Waals surface area contributed by atoms with E-state index in [1.165, 1.54) is 11.8 Å². The van der Waals surface area contributed by atoms with Gasteiger partial charge in [0, 0.05) is 21.8 Å². The van der Waals surface area contributed by atoms with Crippen LogP contribution in [0, 0.1) is 6.92 Å². The third kappa shape index (κ3) is 3.68. The number of thioether (sulfide) groups is 1. The van der Waals surface area contributed by atoms with E-state index in [0.717, 1.165) is 11.3 Å². The molecule has 0 aliphatic carbocycles. The summed E-state index contributed by atoms with van der Waals surface area (Å²) < 4.78 is 5.24. The lowest BCUT2D eigenvalue weighted by molar-refractivity contribution is 0.391. The summed E-state index contributed by atoms with van der Waals surface area (Å²) in [5, 5.41) is 5.15. The van der Waals surface area contributed by atoms with Crippen molar-refractivity contribution in [2.45, 2.75) is 31.2 Å². The maximum atomic E-state index is 11.9. The number of aromatic nitrogens is 4. The van der Waals surface area contributed by atoms with Crippen LogP contribution in [0.2, 0.25) is 5.02 Å². The average molecular weight is 363 g/mol. The standard InChI is InChI=1S/C16H15ClN4O2S/c1-3-12-9(2)18-16(20-15(12)22)24-8-13-19-14(21-23-13)10-4-6-11(17)7-5-10/h4-7H,3,8H2,1-2H3,(H,18,20,22). The molecule has 6 nitrogen and oxygen atoms in total. The van der Waals surface area contributed by atoms with Crippen LogP contribution < -0.4 is 5.56 Å². The van der Waals surface area contributed by atoms with Crippen molar-refractivity contribution in [1.82, 2.24) is 20.1 Å². The van der Waals surface area contributed by atoms with Crippen molar-refractivity contribution in [3.63, 3.8) is 0 Å². The van der Waals surface area contributed by atoms with Gasteiger partial charge >= 0.3 is 0 Å². The lowest BCUT2D eigenvalue weighted by atomic mass is 10.2. The average Bonchev–Trinajstić information content (AvgIpc) is 3.02. The highest BCUT2D eigenvalue weighted by Gasteiger charge is 2.11. The second-order valence-electron chi connectivity index (χ2n) is 5.10. The van der Waals surface area contributed by atoms with E-state index in [0.29, 0.717) is 39.6 Å². The van der Waals surface area contributed by atoms with Gasteiger partial charge in [-0.05, 0) is 37.6 Å². The van der Waals surface area contributed by atoms with E-state index in [1.54, 1.807) is 12.1 Å². The van der Waals surface area contributed by atoms with E-state index in [-0.39, 0.29) is 5.56 Å². The highest BCUT2D eigenvalue weighted by molar-refractivity contribution is 7.98. The molecule has 0 unspecified atom stereocenters. The maximum Gasteiger partial charge on any atom is 0.254 e. The first-order valence-corrected chi connectivity index (χ1v) is 8.74. The van der Waals surface area contributed by atoms with Crippen LogP contribution in [0.15, 0.2) is 38.7 Å². The third-order valence-electron chi connectivity index (χ3n) is 3.46. The first-order chi connectivity index (χ1) is 11.6. The number of aromatic amines is 1. The number of aryl methyl sites for hydroxylation is 1. The minimum Gasteiger partial charge on any atom is -0.338 e. The van der Waals surface area contributed by atoms with Gasteiger partial charge in [0.15, 0.2) is 5.16 Å². The van der Waals surface area contributed by atoms with Crippen molar-refractivity contribution in [2.24, 2.45) is 0 Å². The molecule has 0 aliphatic rings. The van der Waals surface area contributed by atoms with E-state index in [9.17, 15) is 4.79 Å². The van der Waals surface area contributed by atoms with Gasteiger partial charge in [-0.15, -0.1) is 0 Å². The van der Waals surface area contributed by atoms with Crippen LogP contribution in [0.25, 0.3) is 11.4 Å². The topological polar surface area (TPSA) is 84.7 Å². The van der Waals surface area contributed by atoms with Gasteiger partial charge in [0.1, 0.15) is 0 Å². The summed E-state index contributed by atoms with van der Waals surface area (Å²) in [5.74, 6) is 1.39. The van der Waals surface area contributed by atoms with Gasteiger partial charge in [-0.1, -0.05) is 35.4 Å². The molecule has 2 aromatic heterocycles. The fourth-order valence-electron chi connectivity index (χ4n) is 2.23. The van der Waals surface area contributed by atoms with E-state index in [1.807, 2.05) is 26.0 Å². The smallest absolute Gasteiger partial charge is 0.254 e. The number of benzene rings is 1. The van der Waals surface area contributed by atoms with Crippen molar-refractivity contribution in [3.8, 4) is 11.4 Å². The quantitative estimate of drug-likeness (QED) is 0.551. The summed E-state index contributed by atoms with van der Waals surface area (Å²) in [6.07, 6.45) is 0.660. The fourth-order valence-corrected chi connectivity index (χ4v) is 3.10. The Morgan fingerprint density at radius 2 is 2.00 bits per heavy atom. The zero-order valence-electron chi connectivity index (χ0n) is 13.2. The van der Waals surface area contributed by atoms with Gasteiger partial charge in [0.05, 0.1) is 5.75 Å². The maximum absolute atomic E-state index is 11.9. The number of hydrogen-bond acceptors (Lipinski definition) is 6. The molecule has 124 valence electrons. The van der Waals surface area contributed by atoms with Crippen LogP contribution >= 0.6 is 23.4 Å². The summed E-state index contributed by atoms with van der Waals surface area (Å²) >= 11 is 7.21. The first kappa shape index (κ1) is 16.7. The summed E-state index contributed by atoms with van der Waals surface area (Å²) in [6, 6.07) is 7.20. The third-order valence-corrected chi connectivity index (χ3v) is 4.57. The lowest BCUT2D eigenvalue weighted by Gasteiger charge is -2.03. The molecule has 3 aromatic rings. The predicted molar refractivity (Wildman–Crippen MR) is 93.3 cm³/mol. The zero-order valence-corrected chi connectivity index (χ0v) is 14.7. The van der Waals surface area contributed by atoms with Crippen LogP contribution in [0.4, 0.5) is 0 Å². The molecule has 0 aliphatic heterocycles. The van der Waals surface area contributed by atoms with Gasteiger partial charge in [-0.3, -0.25) is 4.79 Å². The van der Waals surface area contributed by atoms with Gasteiger partial charge in [-0.25, -0.2) is 4.98 Å². The normalized spacial score (nSPS) is 11.0. The molecule has 0 atom stereocenters. The molecule has 0 bridgehead atoms. The van der Waals surface area contributed by atoms with E-state index >= 15 is 0 Å². The largest absolute Gasteiger partial charge is 0.338 e. The molecule has 1 N–H and O–H groups in total. The number of nitrogens with zero attached hydrogens (tertiary/aromatic N) is 3. The molecule has 0 saturated heterocycles. The Morgan fingerprint density at radius 1 is 1.25 bits per heavy atom. The summed E-state index contributed by atoms with van der Waals surface area (Å²) in [4.78, 5) is 23.5. The molecule has 1 aromatic carbocycles. The first-order valence-electron chi connectivity index (χ1n) is 7.38. The molecule has 0 spiro atoms. The van der Waals surface area contributed by atoms with E-state index in [4.69, 9.17) is 16.1 Å². The summed E-state index contributed by atoms with van der Waals surface area (Å²) in [6.45, 7) is 3.77. The number of halogens is 1. The molecule has 8 heteroatoms. The molecule has 3 rings (SSSR count). The molecule has 0 saturated carbocycles. The van der Waals surface area contributed by atoms with E-state index < -0.39 is 0 Å². The van der Waals surface area contributed by atoms with Crippen LogP contribution in [0.5, 0.6) is 0 Å². The summed E-state index contributed by atoms with van der Waals surface area (Å²) in [5.41, 5.74) is 2.19. The Hall–Kier alpha value is -2.12. The van der Waals surface area contributed by atoms with Crippen LogP contribution in [-0.2, 0) is 12.2 Å². The van der Waals surface area contributed by atoms with Gasteiger partial charge in [-0.2, -0.15) is 4.98 Å². The minimum absolute atomic E-state index is 0.0973. The summed E-state index contributed by atoms with van der Waals surface area (Å²) in [7, 11) is 0. The second-order valence-corrected chi connectivity index (χ2v) is 6.50.